The summed E-state index contributed by atoms with van der Waals surface area (Å²) in [5.74, 6) is 0.797. The number of hydrogen-bond donors (Lipinski definition) is 1. The van der Waals surface area contributed by atoms with Crippen LogP contribution in [-0.2, 0) is 6.61 Å². The molecule has 0 aromatic heterocycles. The van der Waals surface area contributed by atoms with Gasteiger partial charge in [0.05, 0.1) is 6.61 Å². The number of anilines is 1. The zero-order chi connectivity index (χ0) is 12.4. The molecule has 1 fully saturated rings. The number of aliphatic hydroxyl groups is 1. The van der Waals surface area contributed by atoms with Crippen molar-refractivity contribution in [2.75, 3.05) is 11.4 Å². The van der Waals surface area contributed by atoms with Gasteiger partial charge in [0.25, 0.3) is 0 Å². The highest BCUT2D eigenvalue weighted by atomic mass is 35.5. The van der Waals surface area contributed by atoms with E-state index in [9.17, 15) is 5.11 Å². The molecule has 1 saturated heterocycles. The summed E-state index contributed by atoms with van der Waals surface area (Å²) in [4.78, 5) is 2.39. The van der Waals surface area contributed by atoms with Crippen LogP contribution in [0.2, 0.25) is 5.02 Å². The number of piperidine rings is 1. The van der Waals surface area contributed by atoms with Gasteiger partial charge in [-0.05, 0) is 43.9 Å². The van der Waals surface area contributed by atoms with Crippen molar-refractivity contribution in [2.24, 2.45) is 5.92 Å². The molecule has 0 radical (unpaired) electrons. The Kier molecular flexibility index (Phi) is 3.95. The number of nitrogens with zero attached hydrogens (tertiary/aromatic N) is 1. The predicted octanol–water partition coefficient (Wildman–Crippen LogP) is 3.46. The third-order valence-corrected chi connectivity index (χ3v) is 3.89. The van der Waals surface area contributed by atoms with Crippen LogP contribution in [0.3, 0.4) is 0 Å². The van der Waals surface area contributed by atoms with Crippen LogP contribution in [0.1, 0.15) is 32.3 Å². The molecule has 94 valence electrons. The summed E-state index contributed by atoms with van der Waals surface area (Å²) in [6, 6.07) is 6.33. The SMILES string of the molecule is CC1CCN(c2ccc(Cl)cc2CO)C(C)C1. The summed E-state index contributed by atoms with van der Waals surface area (Å²) in [5, 5.41) is 10.1. The van der Waals surface area contributed by atoms with Crippen molar-refractivity contribution in [2.45, 2.75) is 39.3 Å². The lowest BCUT2D eigenvalue weighted by atomic mass is 9.92. The molecule has 1 aromatic rings. The van der Waals surface area contributed by atoms with Crippen molar-refractivity contribution in [3.05, 3.63) is 28.8 Å². The Bertz CT molecular complexity index is 394. The molecule has 2 atom stereocenters. The average molecular weight is 254 g/mol. The molecule has 2 nitrogen and oxygen atoms in total. The molecule has 1 aliphatic heterocycles. The van der Waals surface area contributed by atoms with Gasteiger partial charge in [-0.25, -0.2) is 0 Å². The minimum Gasteiger partial charge on any atom is -0.392 e. The Morgan fingerprint density at radius 1 is 1.41 bits per heavy atom. The molecule has 2 unspecified atom stereocenters. The van der Waals surface area contributed by atoms with Crippen molar-refractivity contribution in [3.63, 3.8) is 0 Å². The van der Waals surface area contributed by atoms with E-state index in [-0.39, 0.29) is 6.61 Å². The molecule has 0 saturated carbocycles. The zero-order valence-electron chi connectivity index (χ0n) is 10.5. The van der Waals surface area contributed by atoms with Crippen LogP contribution in [0.25, 0.3) is 0 Å². The number of aliphatic hydroxyl groups excluding tert-OH is 1. The molecule has 1 heterocycles. The number of halogens is 1. The fourth-order valence-electron chi connectivity index (χ4n) is 2.73. The molecular formula is C14H20ClNO. The summed E-state index contributed by atoms with van der Waals surface area (Å²) < 4.78 is 0. The first-order valence-corrected chi connectivity index (χ1v) is 6.65. The summed E-state index contributed by atoms with van der Waals surface area (Å²) in [7, 11) is 0. The Hall–Kier alpha value is -0.730. The smallest absolute Gasteiger partial charge is 0.0702 e. The Labute approximate surface area is 108 Å². The van der Waals surface area contributed by atoms with Crippen LogP contribution in [0.15, 0.2) is 18.2 Å². The minimum atomic E-state index is 0.0503. The van der Waals surface area contributed by atoms with Gasteiger partial charge in [-0.3, -0.25) is 0 Å². The van der Waals surface area contributed by atoms with Crippen molar-refractivity contribution in [1.82, 2.24) is 0 Å². The molecule has 0 amide bonds. The first-order chi connectivity index (χ1) is 8.11. The highest BCUT2D eigenvalue weighted by Gasteiger charge is 2.24. The normalized spacial score (nSPS) is 25.1. The third kappa shape index (κ3) is 2.75. The lowest BCUT2D eigenvalue weighted by Gasteiger charge is -2.39. The summed E-state index contributed by atoms with van der Waals surface area (Å²) in [6.45, 7) is 5.68. The van der Waals surface area contributed by atoms with E-state index in [2.05, 4.69) is 18.7 Å². The van der Waals surface area contributed by atoms with Gasteiger partial charge in [-0.1, -0.05) is 18.5 Å². The van der Waals surface area contributed by atoms with E-state index in [1.807, 2.05) is 18.2 Å². The lowest BCUT2D eigenvalue weighted by Crippen LogP contribution is -2.40. The summed E-state index contributed by atoms with van der Waals surface area (Å²) in [5.41, 5.74) is 2.07. The van der Waals surface area contributed by atoms with Gasteiger partial charge in [0.15, 0.2) is 0 Å². The van der Waals surface area contributed by atoms with Crippen molar-refractivity contribution in [3.8, 4) is 0 Å². The maximum absolute atomic E-state index is 9.43. The maximum Gasteiger partial charge on any atom is 0.0702 e. The Morgan fingerprint density at radius 3 is 2.82 bits per heavy atom. The van der Waals surface area contributed by atoms with Gasteiger partial charge >= 0.3 is 0 Å². The first kappa shape index (κ1) is 12.7. The number of rotatable bonds is 2. The zero-order valence-corrected chi connectivity index (χ0v) is 11.2. The quantitative estimate of drug-likeness (QED) is 0.873. The van der Waals surface area contributed by atoms with Gasteiger partial charge in [-0.15, -0.1) is 0 Å². The second kappa shape index (κ2) is 5.28. The van der Waals surface area contributed by atoms with E-state index >= 15 is 0 Å². The minimum absolute atomic E-state index is 0.0503. The van der Waals surface area contributed by atoms with E-state index in [0.717, 1.165) is 23.7 Å². The Morgan fingerprint density at radius 2 is 2.18 bits per heavy atom. The van der Waals surface area contributed by atoms with Crippen molar-refractivity contribution in [1.29, 1.82) is 0 Å². The molecule has 0 aliphatic carbocycles. The highest BCUT2D eigenvalue weighted by Crippen LogP contribution is 2.31. The highest BCUT2D eigenvalue weighted by molar-refractivity contribution is 6.30. The molecule has 3 heteroatoms. The molecule has 17 heavy (non-hydrogen) atoms. The number of hydrogen-bond acceptors (Lipinski definition) is 2. The van der Waals surface area contributed by atoms with E-state index in [0.29, 0.717) is 11.1 Å². The van der Waals surface area contributed by atoms with Crippen LogP contribution in [0.5, 0.6) is 0 Å². The van der Waals surface area contributed by atoms with Crippen molar-refractivity contribution >= 4 is 17.3 Å². The van der Waals surface area contributed by atoms with Gasteiger partial charge < -0.3 is 10.0 Å². The first-order valence-electron chi connectivity index (χ1n) is 6.27. The number of benzene rings is 1. The lowest BCUT2D eigenvalue weighted by molar-refractivity contribution is 0.281. The molecule has 1 N–H and O–H groups in total. The van der Waals surface area contributed by atoms with E-state index in [1.165, 1.54) is 12.8 Å². The summed E-state index contributed by atoms with van der Waals surface area (Å²) >= 11 is 5.96. The standard InChI is InChI=1S/C14H20ClNO/c1-10-5-6-16(11(2)7-10)14-4-3-13(15)8-12(14)9-17/h3-4,8,10-11,17H,5-7,9H2,1-2H3. The molecule has 0 bridgehead atoms. The van der Waals surface area contributed by atoms with Crippen LogP contribution >= 0.6 is 11.6 Å². The van der Waals surface area contributed by atoms with Crippen molar-refractivity contribution < 1.29 is 5.11 Å². The maximum atomic E-state index is 9.43. The predicted molar refractivity (Wildman–Crippen MR) is 72.6 cm³/mol. The van der Waals surface area contributed by atoms with Crippen LogP contribution < -0.4 is 4.90 Å². The van der Waals surface area contributed by atoms with Gasteiger partial charge in [0, 0.05) is 28.9 Å². The largest absolute Gasteiger partial charge is 0.392 e. The monoisotopic (exact) mass is 253 g/mol. The molecule has 0 spiro atoms. The fraction of sp³-hybridized carbons (Fsp3) is 0.571. The third-order valence-electron chi connectivity index (χ3n) is 3.66. The van der Waals surface area contributed by atoms with Gasteiger partial charge in [-0.2, -0.15) is 0 Å². The van der Waals surface area contributed by atoms with Gasteiger partial charge in [0.1, 0.15) is 0 Å². The van der Waals surface area contributed by atoms with E-state index < -0.39 is 0 Å². The molecular weight excluding hydrogens is 234 g/mol. The van der Waals surface area contributed by atoms with Crippen LogP contribution in [-0.4, -0.2) is 17.7 Å². The molecule has 1 aromatic carbocycles. The molecule has 1 aliphatic rings. The average Bonchev–Trinajstić information content (AvgIpc) is 2.30. The molecule has 2 rings (SSSR count). The second-order valence-electron chi connectivity index (χ2n) is 5.10. The van der Waals surface area contributed by atoms with E-state index in [1.54, 1.807) is 0 Å². The van der Waals surface area contributed by atoms with E-state index in [4.69, 9.17) is 11.6 Å². The Balaban J connectivity index is 2.27. The topological polar surface area (TPSA) is 23.5 Å². The van der Waals surface area contributed by atoms with Gasteiger partial charge in [0.2, 0.25) is 0 Å². The van der Waals surface area contributed by atoms with Crippen LogP contribution in [0, 0.1) is 5.92 Å². The second-order valence-corrected chi connectivity index (χ2v) is 5.54. The summed E-state index contributed by atoms with van der Waals surface area (Å²) in [6.07, 6.45) is 2.44. The van der Waals surface area contributed by atoms with Crippen LogP contribution in [0.4, 0.5) is 5.69 Å². The fourth-order valence-corrected chi connectivity index (χ4v) is 2.92.